The molecule has 3 N–H and O–H groups in total. The molecule has 0 aromatic carbocycles. The minimum Gasteiger partial charge on any atom is -0.354 e. The van der Waals surface area contributed by atoms with Crippen molar-refractivity contribution in [2.75, 3.05) is 13.1 Å². The molecule has 0 radical (unpaired) electrons. The normalized spacial score (nSPS) is 24.5. The Morgan fingerprint density at radius 3 is 1.90 bits per heavy atom. The lowest BCUT2D eigenvalue weighted by molar-refractivity contribution is -0.155. The monoisotopic (exact) mass is 425 g/mol. The number of hydrogen-bond donors (Lipinski definition) is 3. The molecule has 0 saturated carbocycles. The fraction of sp³-hybridized carbons (Fsp3) is 0.870. The van der Waals surface area contributed by atoms with Crippen LogP contribution in [0.5, 0.6) is 0 Å². The van der Waals surface area contributed by atoms with E-state index in [1.54, 1.807) is 0 Å². The summed E-state index contributed by atoms with van der Waals surface area (Å²) in [6.07, 6.45) is 13.4. The molecule has 0 aromatic rings. The molecule has 174 valence electrons. The zero-order chi connectivity index (χ0) is 22.4. The van der Waals surface area contributed by atoms with Gasteiger partial charge in [-0.2, -0.15) is 0 Å². The van der Waals surface area contributed by atoms with E-state index in [0.717, 1.165) is 32.1 Å². The van der Waals surface area contributed by atoms with Crippen molar-refractivity contribution in [2.24, 2.45) is 11.3 Å². The van der Waals surface area contributed by atoms with E-state index in [1.807, 2.05) is 20.8 Å². The highest BCUT2D eigenvalue weighted by molar-refractivity contribution is 5.89. The summed E-state index contributed by atoms with van der Waals surface area (Å²) in [4.78, 5) is 36.6. The first-order valence-electron chi connectivity index (χ1n) is 11.7. The van der Waals surface area contributed by atoms with Crippen LogP contribution in [0.4, 0.5) is 0 Å². The highest BCUT2D eigenvalue weighted by Crippen LogP contribution is 2.21. The van der Waals surface area contributed by atoms with Crippen LogP contribution in [0.1, 0.15) is 97.8 Å². The molecule has 3 amide bonds. The number of carbonyl (C=O) groups excluding carboxylic acids is 3. The summed E-state index contributed by atoms with van der Waals surface area (Å²) in [5, 5.41) is 16.0. The number of carbonyl (C=O) groups is 3. The van der Waals surface area contributed by atoms with Crippen LogP contribution in [0.15, 0.2) is 0 Å². The third-order valence-electron chi connectivity index (χ3n) is 5.84. The topological polar surface area (TPSA) is 98.7 Å². The lowest BCUT2D eigenvalue weighted by Gasteiger charge is -2.32. The molecule has 7 heteroatoms. The molecule has 1 aliphatic heterocycles. The quantitative estimate of drug-likeness (QED) is 0.364. The lowest BCUT2D eigenvalue weighted by atomic mass is 9.85. The van der Waals surface area contributed by atoms with E-state index in [1.165, 1.54) is 38.5 Å². The van der Waals surface area contributed by atoms with E-state index in [4.69, 9.17) is 0 Å². The van der Waals surface area contributed by atoms with Crippen molar-refractivity contribution in [3.05, 3.63) is 0 Å². The van der Waals surface area contributed by atoms with Crippen molar-refractivity contribution in [3.63, 3.8) is 0 Å². The van der Waals surface area contributed by atoms with Gasteiger partial charge in [-0.3, -0.25) is 19.6 Å². The second kappa shape index (κ2) is 14.4. The summed E-state index contributed by atoms with van der Waals surface area (Å²) >= 11 is 0. The van der Waals surface area contributed by atoms with Crippen LogP contribution < -0.4 is 10.6 Å². The summed E-state index contributed by atoms with van der Waals surface area (Å²) in [5.41, 5.74) is -0.452. The molecule has 0 aromatic heterocycles. The van der Waals surface area contributed by atoms with Gasteiger partial charge < -0.3 is 10.6 Å². The van der Waals surface area contributed by atoms with E-state index < -0.39 is 17.4 Å². The average Bonchev–Trinajstić information content (AvgIpc) is 2.69. The van der Waals surface area contributed by atoms with E-state index in [2.05, 4.69) is 10.6 Å². The van der Waals surface area contributed by atoms with Crippen LogP contribution >= 0.6 is 0 Å². The van der Waals surface area contributed by atoms with Crippen LogP contribution in [0, 0.1) is 11.3 Å². The molecule has 1 aliphatic rings. The van der Waals surface area contributed by atoms with Crippen molar-refractivity contribution in [3.8, 4) is 0 Å². The molecule has 0 spiro atoms. The first-order chi connectivity index (χ1) is 14.3. The molecule has 2 atom stereocenters. The zero-order valence-corrected chi connectivity index (χ0v) is 19.3. The van der Waals surface area contributed by atoms with Crippen LogP contribution in [-0.2, 0) is 14.4 Å². The van der Waals surface area contributed by atoms with Crippen molar-refractivity contribution in [1.82, 2.24) is 15.7 Å². The second-order valence-electron chi connectivity index (χ2n) is 9.70. The van der Waals surface area contributed by atoms with Crippen LogP contribution in [0.25, 0.3) is 0 Å². The fourth-order valence-corrected chi connectivity index (χ4v) is 3.93. The van der Waals surface area contributed by atoms with Gasteiger partial charge in [0.1, 0.15) is 6.04 Å². The van der Waals surface area contributed by atoms with E-state index in [0.29, 0.717) is 24.4 Å². The number of rotatable bonds is 3. The molecule has 1 rings (SSSR count). The molecule has 7 nitrogen and oxygen atoms in total. The van der Waals surface area contributed by atoms with Crippen molar-refractivity contribution >= 4 is 18.2 Å². The van der Waals surface area contributed by atoms with Gasteiger partial charge in [0.05, 0.1) is 12.5 Å². The Bertz CT molecular complexity index is 519. The maximum atomic E-state index is 13.0. The third kappa shape index (κ3) is 11.0. The van der Waals surface area contributed by atoms with Gasteiger partial charge in [-0.25, -0.2) is 5.06 Å². The number of nitrogens with zero attached hydrogens (tertiary/aromatic N) is 1. The van der Waals surface area contributed by atoms with Crippen molar-refractivity contribution in [2.45, 2.75) is 104 Å². The Morgan fingerprint density at radius 1 is 0.900 bits per heavy atom. The summed E-state index contributed by atoms with van der Waals surface area (Å²) in [5.74, 6) is -1.01. The van der Waals surface area contributed by atoms with Gasteiger partial charge >= 0.3 is 0 Å². The molecule has 0 unspecified atom stereocenters. The maximum Gasteiger partial charge on any atom is 0.243 e. The Labute approximate surface area is 182 Å². The Hall–Kier alpha value is -1.63. The van der Waals surface area contributed by atoms with Crippen LogP contribution in [-0.4, -0.2) is 47.6 Å². The number of hydrogen-bond acceptors (Lipinski definition) is 4. The SMILES string of the molecule is CC(C)(C)[C@@H]1NC(=O)[C@@H](CN(O)C=O)CCCCCCCCCCCCCNC1=O. The minimum atomic E-state index is -0.669. The predicted molar refractivity (Wildman–Crippen MR) is 118 cm³/mol. The van der Waals surface area contributed by atoms with Gasteiger partial charge in [-0.1, -0.05) is 85.0 Å². The molecular weight excluding hydrogens is 382 g/mol. The third-order valence-corrected chi connectivity index (χ3v) is 5.84. The lowest BCUT2D eigenvalue weighted by Crippen LogP contribution is -2.55. The van der Waals surface area contributed by atoms with Crippen LogP contribution in [0.3, 0.4) is 0 Å². The Morgan fingerprint density at radius 2 is 1.40 bits per heavy atom. The van der Waals surface area contributed by atoms with E-state index >= 15 is 0 Å². The molecular formula is C23H43N3O4. The molecule has 1 heterocycles. The first-order valence-corrected chi connectivity index (χ1v) is 11.7. The van der Waals surface area contributed by atoms with Crippen molar-refractivity contribution in [1.29, 1.82) is 0 Å². The predicted octanol–water partition coefficient (Wildman–Crippen LogP) is 3.79. The molecule has 1 fully saturated rings. The van der Waals surface area contributed by atoms with Gasteiger partial charge in [0, 0.05) is 6.54 Å². The summed E-state index contributed by atoms with van der Waals surface area (Å²) in [6, 6.07) is -0.669. The fourth-order valence-electron chi connectivity index (χ4n) is 3.93. The highest BCUT2D eigenvalue weighted by Gasteiger charge is 2.34. The largest absolute Gasteiger partial charge is 0.354 e. The van der Waals surface area contributed by atoms with E-state index in [9.17, 15) is 19.6 Å². The number of hydroxylamine groups is 2. The minimum absolute atomic E-state index is 0.0617. The second-order valence-corrected chi connectivity index (χ2v) is 9.70. The maximum absolute atomic E-state index is 13.0. The summed E-state index contributed by atoms with van der Waals surface area (Å²) in [7, 11) is 0. The highest BCUT2D eigenvalue weighted by atomic mass is 16.5. The molecule has 30 heavy (non-hydrogen) atoms. The first kappa shape index (κ1) is 26.4. The standard InChI is InChI=1S/C23H43N3O4/c1-23(2,3)20-22(29)24-16-14-12-10-8-6-4-5-7-9-11-13-15-19(21(28)25-20)17-26(30)18-27/h18-20,30H,4-17H2,1-3H3,(H,24,29)(H,25,28)/t19-,20-/m1/s1. The molecule has 0 bridgehead atoms. The smallest absolute Gasteiger partial charge is 0.243 e. The summed E-state index contributed by atoms with van der Waals surface area (Å²) < 4.78 is 0. The average molecular weight is 426 g/mol. The number of nitrogens with one attached hydrogen (secondary N) is 2. The number of amides is 3. The van der Waals surface area contributed by atoms with Crippen molar-refractivity contribution < 1.29 is 19.6 Å². The van der Waals surface area contributed by atoms with Gasteiger partial charge in [0.25, 0.3) is 0 Å². The Kier molecular flexibility index (Phi) is 12.7. The molecule has 0 aliphatic carbocycles. The van der Waals surface area contributed by atoms with Crippen LogP contribution in [0.2, 0.25) is 0 Å². The molecule has 1 saturated heterocycles. The zero-order valence-electron chi connectivity index (χ0n) is 19.3. The van der Waals surface area contributed by atoms with Gasteiger partial charge in [0.2, 0.25) is 18.2 Å². The van der Waals surface area contributed by atoms with Gasteiger partial charge in [-0.15, -0.1) is 0 Å². The summed E-state index contributed by atoms with van der Waals surface area (Å²) in [6.45, 7) is 6.32. The van der Waals surface area contributed by atoms with E-state index in [-0.39, 0.29) is 18.4 Å². The van der Waals surface area contributed by atoms with Gasteiger partial charge in [-0.05, 0) is 18.3 Å². The van der Waals surface area contributed by atoms with Gasteiger partial charge in [0.15, 0.2) is 0 Å². The Balaban J connectivity index is 2.84.